The quantitative estimate of drug-likeness (QED) is 0.364. The number of rotatable bonds is 8. The Morgan fingerprint density at radius 2 is 1.88 bits per heavy atom. The summed E-state index contributed by atoms with van der Waals surface area (Å²) in [6, 6.07) is 20.9. The number of aromatic nitrogens is 1. The Labute approximate surface area is 158 Å². The van der Waals surface area contributed by atoms with Crippen molar-refractivity contribution in [3.8, 4) is 0 Å². The third kappa shape index (κ3) is 5.49. The molecule has 3 N–H and O–H groups in total. The van der Waals surface area contributed by atoms with Gasteiger partial charge in [-0.05, 0) is 28.5 Å². The van der Waals surface area contributed by atoms with Crippen LogP contribution in [0.3, 0.4) is 0 Å². The van der Waals surface area contributed by atoms with E-state index < -0.39 is 0 Å². The minimum absolute atomic E-state index is 0.506. The lowest BCUT2D eigenvalue weighted by atomic mass is 10.1. The van der Waals surface area contributed by atoms with Gasteiger partial charge in [-0.15, -0.1) is 0 Å². The molecule has 0 atom stereocenters. The third-order valence-electron chi connectivity index (χ3n) is 4.07. The molecule has 3 rings (SSSR count). The Bertz CT molecular complexity index is 844. The SMILES string of the molecule is NC(=NCCSCc1cccc2ccccc12)NCCc1ccccn1. The summed E-state index contributed by atoms with van der Waals surface area (Å²) in [5, 5.41) is 5.77. The standard InChI is InChI=1S/C21H24N4S/c22-21(24-13-11-19-9-3-4-12-23-19)25-14-15-26-16-18-8-5-7-17-6-1-2-10-20(17)18/h1-10,12H,11,13-16H2,(H3,22,24,25). The lowest BCUT2D eigenvalue weighted by Crippen LogP contribution is -2.33. The van der Waals surface area contributed by atoms with Crippen LogP contribution in [0, 0.1) is 0 Å². The molecule has 0 aliphatic rings. The molecular formula is C21H24N4S. The monoisotopic (exact) mass is 364 g/mol. The van der Waals surface area contributed by atoms with Crippen LogP contribution in [0.5, 0.6) is 0 Å². The van der Waals surface area contributed by atoms with E-state index in [4.69, 9.17) is 5.73 Å². The van der Waals surface area contributed by atoms with Gasteiger partial charge in [-0.2, -0.15) is 11.8 Å². The van der Waals surface area contributed by atoms with Gasteiger partial charge in [0.1, 0.15) is 0 Å². The molecule has 3 aromatic rings. The minimum Gasteiger partial charge on any atom is -0.370 e. The number of aliphatic imine (C=N–C) groups is 1. The van der Waals surface area contributed by atoms with E-state index in [0.717, 1.165) is 36.7 Å². The highest BCUT2D eigenvalue weighted by Gasteiger charge is 2.00. The van der Waals surface area contributed by atoms with E-state index in [0.29, 0.717) is 5.96 Å². The summed E-state index contributed by atoms with van der Waals surface area (Å²) in [6.45, 7) is 1.47. The van der Waals surface area contributed by atoms with Gasteiger partial charge in [-0.3, -0.25) is 9.98 Å². The number of nitrogens with zero attached hydrogens (tertiary/aromatic N) is 2. The van der Waals surface area contributed by atoms with Gasteiger partial charge in [-0.25, -0.2) is 0 Å². The van der Waals surface area contributed by atoms with E-state index in [1.807, 2.05) is 30.0 Å². The zero-order valence-corrected chi connectivity index (χ0v) is 15.6. The minimum atomic E-state index is 0.506. The highest BCUT2D eigenvalue weighted by molar-refractivity contribution is 7.98. The van der Waals surface area contributed by atoms with E-state index in [-0.39, 0.29) is 0 Å². The van der Waals surface area contributed by atoms with Crippen LogP contribution >= 0.6 is 11.8 Å². The fraction of sp³-hybridized carbons (Fsp3) is 0.238. The van der Waals surface area contributed by atoms with Crippen molar-refractivity contribution in [1.82, 2.24) is 10.3 Å². The first-order chi connectivity index (χ1) is 12.8. The van der Waals surface area contributed by atoms with Gasteiger partial charge in [-0.1, -0.05) is 48.5 Å². The molecule has 0 saturated carbocycles. The maximum Gasteiger partial charge on any atom is 0.188 e. The molecule has 4 nitrogen and oxygen atoms in total. The molecule has 0 fully saturated rings. The van der Waals surface area contributed by atoms with Crippen LogP contribution in [0.1, 0.15) is 11.3 Å². The van der Waals surface area contributed by atoms with Crippen molar-refractivity contribution < 1.29 is 0 Å². The normalized spacial score (nSPS) is 11.6. The molecule has 1 heterocycles. The molecular weight excluding hydrogens is 340 g/mol. The summed E-state index contributed by atoms with van der Waals surface area (Å²) in [7, 11) is 0. The zero-order chi connectivity index (χ0) is 18.0. The first-order valence-corrected chi connectivity index (χ1v) is 9.96. The fourth-order valence-corrected chi connectivity index (χ4v) is 3.59. The molecule has 5 heteroatoms. The maximum absolute atomic E-state index is 5.91. The largest absolute Gasteiger partial charge is 0.370 e. The van der Waals surface area contributed by atoms with Crippen molar-refractivity contribution in [3.05, 3.63) is 78.1 Å². The van der Waals surface area contributed by atoms with Gasteiger partial charge in [0.25, 0.3) is 0 Å². The number of hydrogen-bond donors (Lipinski definition) is 2. The zero-order valence-electron chi connectivity index (χ0n) is 14.8. The molecule has 0 aliphatic heterocycles. The van der Waals surface area contributed by atoms with Crippen molar-refractivity contribution in [1.29, 1.82) is 0 Å². The van der Waals surface area contributed by atoms with Crippen LogP contribution in [-0.4, -0.2) is 29.8 Å². The predicted molar refractivity (Wildman–Crippen MR) is 113 cm³/mol. The van der Waals surface area contributed by atoms with Gasteiger partial charge in [0.15, 0.2) is 5.96 Å². The molecule has 134 valence electrons. The summed E-state index contributed by atoms with van der Waals surface area (Å²) in [5.74, 6) is 2.45. The first kappa shape index (κ1) is 18.3. The Balaban J connectivity index is 1.37. The lowest BCUT2D eigenvalue weighted by Gasteiger charge is -2.07. The van der Waals surface area contributed by atoms with Crippen LogP contribution in [0.25, 0.3) is 10.8 Å². The highest BCUT2D eigenvalue weighted by Crippen LogP contribution is 2.22. The maximum atomic E-state index is 5.91. The second kappa shape index (κ2) is 9.82. The highest BCUT2D eigenvalue weighted by atomic mass is 32.2. The van der Waals surface area contributed by atoms with Gasteiger partial charge in [0.05, 0.1) is 6.54 Å². The summed E-state index contributed by atoms with van der Waals surface area (Å²) < 4.78 is 0. The van der Waals surface area contributed by atoms with Gasteiger partial charge in [0, 0.05) is 36.4 Å². The van der Waals surface area contributed by atoms with E-state index in [1.54, 1.807) is 6.20 Å². The Morgan fingerprint density at radius 3 is 2.77 bits per heavy atom. The van der Waals surface area contributed by atoms with E-state index >= 15 is 0 Å². The molecule has 26 heavy (non-hydrogen) atoms. The van der Waals surface area contributed by atoms with Gasteiger partial charge < -0.3 is 11.1 Å². The molecule has 1 aromatic heterocycles. The number of thioether (sulfide) groups is 1. The van der Waals surface area contributed by atoms with Crippen LogP contribution in [0.4, 0.5) is 0 Å². The predicted octanol–water partition coefficient (Wildman–Crippen LogP) is 3.62. The van der Waals surface area contributed by atoms with Gasteiger partial charge >= 0.3 is 0 Å². The van der Waals surface area contributed by atoms with E-state index in [1.165, 1.54) is 16.3 Å². The number of nitrogens with one attached hydrogen (secondary N) is 1. The van der Waals surface area contributed by atoms with E-state index in [9.17, 15) is 0 Å². The van der Waals surface area contributed by atoms with Crippen LogP contribution in [0.2, 0.25) is 0 Å². The molecule has 0 saturated heterocycles. The summed E-state index contributed by atoms with van der Waals surface area (Å²) in [6.07, 6.45) is 2.65. The molecule has 0 unspecified atom stereocenters. The van der Waals surface area contributed by atoms with Crippen LogP contribution in [-0.2, 0) is 12.2 Å². The van der Waals surface area contributed by atoms with Crippen molar-refractivity contribution in [2.75, 3.05) is 18.8 Å². The molecule has 0 aliphatic carbocycles. The first-order valence-electron chi connectivity index (χ1n) is 8.81. The summed E-state index contributed by atoms with van der Waals surface area (Å²) in [5.41, 5.74) is 8.34. The second-order valence-corrected chi connectivity index (χ2v) is 7.06. The van der Waals surface area contributed by atoms with E-state index in [2.05, 4.69) is 57.8 Å². The number of pyridine rings is 1. The van der Waals surface area contributed by atoms with Gasteiger partial charge in [0.2, 0.25) is 0 Å². The smallest absolute Gasteiger partial charge is 0.188 e. The molecule has 2 aromatic carbocycles. The number of guanidine groups is 1. The Morgan fingerprint density at radius 1 is 1.04 bits per heavy atom. The molecule has 0 radical (unpaired) electrons. The molecule has 0 amide bonds. The topological polar surface area (TPSA) is 63.3 Å². The van der Waals surface area contributed by atoms with Crippen molar-refractivity contribution in [3.63, 3.8) is 0 Å². The van der Waals surface area contributed by atoms with Crippen LogP contribution in [0.15, 0.2) is 71.9 Å². The number of nitrogens with two attached hydrogens (primary N) is 1. The Kier molecular flexibility index (Phi) is 6.90. The fourth-order valence-electron chi connectivity index (χ4n) is 2.75. The van der Waals surface area contributed by atoms with Crippen molar-refractivity contribution in [2.45, 2.75) is 12.2 Å². The number of benzene rings is 2. The molecule has 0 bridgehead atoms. The van der Waals surface area contributed by atoms with Crippen molar-refractivity contribution in [2.24, 2.45) is 10.7 Å². The average Bonchev–Trinajstić information content (AvgIpc) is 2.69. The summed E-state index contributed by atoms with van der Waals surface area (Å²) >= 11 is 1.88. The number of hydrogen-bond acceptors (Lipinski definition) is 3. The lowest BCUT2D eigenvalue weighted by molar-refractivity contribution is 0.830. The van der Waals surface area contributed by atoms with Crippen molar-refractivity contribution >= 4 is 28.5 Å². The Hall–Kier alpha value is -2.53. The van der Waals surface area contributed by atoms with Crippen LogP contribution < -0.4 is 11.1 Å². The third-order valence-corrected chi connectivity index (χ3v) is 5.06. The molecule has 0 spiro atoms. The second-order valence-electron chi connectivity index (χ2n) is 5.96. The number of fused-ring (bicyclic) bond motifs is 1. The average molecular weight is 365 g/mol. The summed E-state index contributed by atoms with van der Waals surface area (Å²) in [4.78, 5) is 8.68.